The van der Waals surface area contributed by atoms with E-state index in [-0.39, 0.29) is 5.82 Å². The van der Waals surface area contributed by atoms with E-state index in [2.05, 4.69) is 21.8 Å². The van der Waals surface area contributed by atoms with E-state index >= 15 is 0 Å². The molecule has 1 aliphatic heterocycles. The van der Waals surface area contributed by atoms with Crippen molar-refractivity contribution in [1.82, 2.24) is 15.1 Å². The van der Waals surface area contributed by atoms with Gasteiger partial charge in [-0.25, -0.2) is 9.07 Å². The monoisotopic (exact) mass is 274 g/mol. The second-order valence-corrected chi connectivity index (χ2v) is 5.36. The Bertz CT molecular complexity index is 576. The smallest absolute Gasteiger partial charge is 0.124 e. The quantitative estimate of drug-likeness (QED) is 0.898. The molecule has 106 valence electrons. The molecule has 0 spiro atoms. The van der Waals surface area contributed by atoms with Crippen LogP contribution in [0.1, 0.15) is 11.3 Å². The molecule has 0 bridgehead atoms. The summed E-state index contributed by atoms with van der Waals surface area (Å²) in [7, 11) is 0. The van der Waals surface area contributed by atoms with Crippen LogP contribution >= 0.6 is 0 Å². The maximum atomic E-state index is 12.8. The molecule has 1 atom stereocenters. The standard InChI is InChI=1S/C15H19FN4/c1-11-6-15-18-9-13(10-20(15)19-11)8-17-7-12-2-4-14(16)5-3-12/h2-6,13,17-18H,7-10H2,1H3/t13-/m0/s1. The fourth-order valence-electron chi connectivity index (χ4n) is 2.54. The van der Waals surface area contributed by atoms with E-state index in [0.717, 1.165) is 43.3 Å². The van der Waals surface area contributed by atoms with Gasteiger partial charge in [-0.3, -0.25) is 0 Å². The molecule has 0 fully saturated rings. The molecule has 0 radical (unpaired) electrons. The molecule has 1 aliphatic rings. The minimum absolute atomic E-state index is 0.188. The number of rotatable bonds is 4. The molecule has 2 heterocycles. The van der Waals surface area contributed by atoms with E-state index in [1.165, 1.54) is 12.1 Å². The summed E-state index contributed by atoms with van der Waals surface area (Å²) in [6.45, 7) is 5.59. The van der Waals surface area contributed by atoms with Gasteiger partial charge in [0.2, 0.25) is 0 Å². The van der Waals surface area contributed by atoms with Crippen LogP contribution in [0.5, 0.6) is 0 Å². The van der Waals surface area contributed by atoms with E-state index in [1.807, 2.05) is 23.7 Å². The number of aromatic nitrogens is 2. The molecule has 3 rings (SSSR count). The first kappa shape index (κ1) is 13.1. The zero-order valence-corrected chi connectivity index (χ0v) is 11.6. The van der Waals surface area contributed by atoms with Gasteiger partial charge in [0.1, 0.15) is 11.6 Å². The summed E-state index contributed by atoms with van der Waals surface area (Å²) in [6.07, 6.45) is 0. The number of nitrogens with zero attached hydrogens (tertiary/aromatic N) is 2. The molecule has 5 heteroatoms. The molecule has 1 aromatic heterocycles. The predicted octanol–water partition coefficient (Wildman–Crippen LogP) is 2.16. The first-order valence-electron chi connectivity index (χ1n) is 6.94. The normalized spacial score (nSPS) is 17.6. The van der Waals surface area contributed by atoms with Crippen molar-refractivity contribution in [2.24, 2.45) is 5.92 Å². The number of nitrogens with one attached hydrogen (secondary N) is 2. The van der Waals surface area contributed by atoms with Gasteiger partial charge < -0.3 is 10.6 Å². The van der Waals surface area contributed by atoms with Crippen molar-refractivity contribution in [3.63, 3.8) is 0 Å². The summed E-state index contributed by atoms with van der Waals surface area (Å²) in [6, 6.07) is 8.70. The van der Waals surface area contributed by atoms with Gasteiger partial charge in [0.15, 0.2) is 0 Å². The van der Waals surface area contributed by atoms with Crippen molar-refractivity contribution >= 4 is 5.82 Å². The lowest BCUT2D eigenvalue weighted by atomic mass is 10.1. The molecule has 2 aromatic rings. The van der Waals surface area contributed by atoms with Crippen LogP contribution < -0.4 is 10.6 Å². The molecule has 0 saturated carbocycles. The first-order valence-corrected chi connectivity index (χ1v) is 6.94. The van der Waals surface area contributed by atoms with E-state index in [9.17, 15) is 4.39 Å². The van der Waals surface area contributed by atoms with Crippen molar-refractivity contribution in [1.29, 1.82) is 0 Å². The molecule has 20 heavy (non-hydrogen) atoms. The summed E-state index contributed by atoms with van der Waals surface area (Å²) in [4.78, 5) is 0. The molecular weight excluding hydrogens is 255 g/mol. The van der Waals surface area contributed by atoms with Crippen LogP contribution in [0, 0.1) is 18.7 Å². The summed E-state index contributed by atoms with van der Waals surface area (Å²) in [5, 5.41) is 11.3. The highest BCUT2D eigenvalue weighted by Crippen LogP contribution is 2.18. The Labute approximate surface area is 118 Å². The van der Waals surface area contributed by atoms with E-state index in [1.54, 1.807) is 0 Å². The van der Waals surface area contributed by atoms with Gasteiger partial charge in [-0.15, -0.1) is 0 Å². The van der Waals surface area contributed by atoms with Crippen LogP contribution in [-0.4, -0.2) is 22.9 Å². The van der Waals surface area contributed by atoms with E-state index in [0.29, 0.717) is 5.92 Å². The van der Waals surface area contributed by atoms with Crippen molar-refractivity contribution in [3.05, 3.63) is 47.4 Å². The molecule has 4 nitrogen and oxygen atoms in total. The lowest BCUT2D eigenvalue weighted by molar-refractivity contribution is 0.390. The Morgan fingerprint density at radius 2 is 2.20 bits per heavy atom. The summed E-state index contributed by atoms with van der Waals surface area (Å²) < 4.78 is 14.8. The van der Waals surface area contributed by atoms with Gasteiger partial charge in [0.05, 0.1) is 5.69 Å². The fraction of sp³-hybridized carbons (Fsp3) is 0.400. The molecule has 0 amide bonds. The lowest BCUT2D eigenvalue weighted by Crippen LogP contribution is -2.35. The van der Waals surface area contributed by atoms with Crippen LogP contribution in [0.25, 0.3) is 0 Å². The number of hydrogen-bond donors (Lipinski definition) is 2. The maximum absolute atomic E-state index is 12.8. The van der Waals surface area contributed by atoms with Crippen molar-refractivity contribution in [3.8, 4) is 0 Å². The van der Waals surface area contributed by atoms with Crippen LogP contribution in [0.4, 0.5) is 10.2 Å². The van der Waals surface area contributed by atoms with Gasteiger partial charge in [-0.1, -0.05) is 12.1 Å². The second-order valence-electron chi connectivity index (χ2n) is 5.36. The topological polar surface area (TPSA) is 41.9 Å². The number of anilines is 1. The van der Waals surface area contributed by atoms with E-state index < -0.39 is 0 Å². The zero-order valence-electron chi connectivity index (χ0n) is 11.6. The minimum atomic E-state index is -0.188. The van der Waals surface area contributed by atoms with E-state index in [4.69, 9.17) is 0 Å². The van der Waals surface area contributed by atoms with Gasteiger partial charge in [-0.2, -0.15) is 5.10 Å². The first-order chi connectivity index (χ1) is 9.70. The molecule has 2 N–H and O–H groups in total. The molecule has 1 aromatic carbocycles. The molecule has 0 aliphatic carbocycles. The van der Waals surface area contributed by atoms with Crippen LogP contribution in [0.2, 0.25) is 0 Å². The summed E-state index contributed by atoms with van der Waals surface area (Å²) in [5.74, 6) is 1.44. The van der Waals surface area contributed by atoms with Crippen molar-refractivity contribution in [2.45, 2.75) is 20.0 Å². The maximum Gasteiger partial charge on any atom is 0.124 e. The highest BCUT2D eigenvalue weighted by Gasteiger charge is 2.18. The average molecular weight is 274 g/mol. The van der Waals surface area contributed by atoms with Crippen molar-refractivity contribution < 1.29 is 4.39 Å². The Balaban J connectivity index is 1.49. The number of benzene rings is 1. The largest absolute Gasteiger partial charge is 0.370 e. The third-order valence-corrected chi connectivity index (χ3v) is 3.58. The third-order valence-electron chi connectivity index (χ3n) is 3.58. The lowest BCUT2D eigenvalue weighted by Gasteiger charge is -2.25. The number of fused-ring (bicyclic) bond motifs is 1. The van der Waals surface area contributed by atoms with Gasteiger partial charge >= 0.3 is 0 Å². The third kappa shape index (κ3) is 2.99. The average Bonchev–Trinajstić information content (AvgIpc) is 2.80. The van der Waals surface area contributed by atoms with Crippen LogP contribution in [-0.2, 0) is 13.1 Å². The molecule has 0 saturated heterocycles. The van der Waals surface area contributed by atoms with Crippen molar-refractivity contribution in [2.75, 3.05) is 18.4 Å². The van der Waals surface area contributed by atoms with Gasteiger partial charge in [0, 0.05) is 38.2 Å². The Morgan fingerprint density at radius 3 is 3.00 bits per heavy atom. The Hall–Kier alpha value is -1.88. The Kier molecular flexibility index (Phi) is 3.69. The predicted molar refractivity (Wildman–Crippen MR) is 77.1 cm³/mol. The molecule has 0 unspecified atom stereocenters. The number of aryl methyl sites for hydroxylation is 1. The van der Waals surface area contributed by atoms with Crippen LogP contribution in [0.15, 0.2) is 30.3 Å². The number of halogens is 1. The summed E-state index contributed by atoms with van der Waals surface area (Å²) in [5.41, 5.74) is 2.15. The van der Waals surface area contributed by atoms with Crippen LogP contribution in [0.3, 0.4) is 0 Å². The SMILES string of the molecule is Cc1cc2n(n1)C[C@@H](CNCc1ccc(F)cc1)CN2. The highest BCUT2D eigenvalue weighted by atomic mass is 19.1. The molecular formula is C15H19FN4. The fourth-order valence-corrected chi connectivity index (χ4v) is 2.54. The Morgan fingerprint density at radius 1 is 1.40 bits per heavy atom. The summed E-state index contributed by atoms with van der Waals surface area (Å²) >= 11 is 0. The minimum Gasteiger partial charge on any atom is -0.370 e. The van der Waals surface area contributed by atoms with Gasteiger partial charge in [-0.05, 0) is 24.6 Å². The second kappa shape index (κ2) is 5.63. The zero-order chi connectivity index (χ0) is 13.9. The number of hydrogen-bond acceptors (Lipinski definition) is 3. The highest BCUT2D eigenvalue weighted by molar-refractivity contribution is 5.38. The van der Waals surface area contributed by atoms with Gasteiger partial charge in [0.25, 0.3) is 0 Å².